The number of carbonyl (C=O) groups excluding carboxylic acids is 1. The molecule has 4 aromatic rings. The van der Waals surface area contributed by atoms with Gasteiger partial charge in [0.1, 0.15) is 28.3 Å². The molecule has 4 rings (SSSR count). The van der Waals surface area contributed by atoms with Crippen molar-refractivity contribution in [3.63, 3.8) is 0 Å². The van der Waals surface area contributed by atoms with Gasteiger partial charge in [0.15, 0.2) is 0 Å². The number of amides is 1. The van der Waals surface area contributed by atoms with Gasteiger partial charge in [0, 0.05) is 12.6 Å². The number of nitrogens with zero attached hydrogens (tertiary/aromatic N) is 3. The predicted octanol–water partition coefficient (Wildman–Crippen LogP) is 4.45. The fourth-order valence-electron chi connectivity index (χ4n) is 3.11. The van der Waals surface area contributed by atoms with Crippen LogP contribution in [-0.2, 0) is 7.05 Å². The second-order valence-electron chi connectivity index (χ2n) is 6.22. The van der Waals surface area contributed by atoms with Crippen molar-refractivity contribution in [2.75, 3.05) is 12.4 Å². The van der Waals surface area contributed by atoms with Gasteiger partial charge in [-0.1, -0.05) is 41.0 Å². The molecule has 0 aliphatic heterocycles. The van der Waals surface area contributed by atoms with E-state index in [0.29, 0.717) is 44.8 Å². The maximum Gasteiger partial charge on any atom is 0.263 e. The van der Waals surface area contributed by atoms with Crippen LogP contribution in [-0.4, -0.2) is 27.7 Å². The van der Waals surface area contributed by atoms with Gasteiger partial charge in [0.2, 0.25) is 5.95 Å². The third-order valence-corrected chi connectivity index (χ3v) is 4.87. The number of carbonyl (C=O) groups is 1. The number of rotatable bonds is 4. The Morgan fingerprint density at radius 2 is 2.00 bits per heavy atom. The van der Waals surface area contributed by atoms with Gasteiger partial charge in [0.05, 0.1) is 17.6 Å². The average Bonchev–Trinajstić information content (AvgIpc) is 3.22. The fraction of sp³-hybridized carbons (Fsp3) is 0.150. The lowest BCUT2D eigenvalue weighted by atomic mass is 10.1. The summed E-state index contributed by atoms with van der Waals surface area (Å²) >= 11 is 6.27. The number of fused-ring (bicyclic) bond motifs is 1. The van der Waals surface area contributed by atoms with E-state index < -0.39 is 0 Å². The Hall–Kier alpha value is -3.32. The van der Waals surface area contributed by atoms with E-state index in [1.54, 1.807) is 30.7 Å². The van der Waals surface area contributed by atoms with Gasteiger partial charge in [-0.05, 0) is 25.1 Å². The molecule has 0 radical (unpaired) electrons. The molecule has 0 saturated carbocycles. The smallest absolute Gasteiger partial charge is 0.263 e. The number of halogens is 1. The highest BCUT2D eigenvalue weighted by atomic mass is 35.5. The third-order valence-electron chi connectivity index (χ3n) is 4.54. The van der Waals surface area contributed by atoms with Crippen LogP contribution >= 0.6 is 11.6 Å². The summed E-state index contributed by atoms with van der Waals surface area (Å²) in [6, 6.07) is 12.8. The zero-order chi connectivity index (χ0) is 19.8. The molecular weight excluding hydrogens is 380 g/mol. The largest absolute Gasteiger partial charge is 0.494 e. The number of hydrogen-bond acceptors (Lipinski definition) is 5. The normalized spacial score (nSPS) is 11.0. The molecule has 0 spiro atoms. The summed E-state index contributed by atoms with van der Waals surface area (Å²) in [4.78, 5) is 17.6. The van der Waals surface area contributed by atoms with E-state index in [0.717, 1.165) is 5.52 Å². The van der Waals surface area contributed by atoms with Crippen LogP contribution in [0.2, 0.25) is 5.02 Å². The van der Waals surface area contributed by atoms with Crippen LogP contribution in [0.4, 0.5) is 5.95 Å². The van der Waals surface area contributed by atoms with Crippen LogP contribution in [0.3, 0.4) is 0 Å². The van der Waals surface area contributed by atoms with Crippen molar-refractivity contribution < 1.29 is 14.1 Å². The number of ether oxygens (including phenoxy) is 1. The van der Waals surface area contributed by atoms with E-state index in [2.05, 4.69) is 15.5 Å². The number of nitrogens with one attached hydrogen (secondary N) is 1. The van der Waals surface area contributed by atoms with Gasteiger partial charge in [-0.3, -0.25) is 10.1 Å². The molecule has 2 aromatic carbocycles. The molecule has 0 atom stereocenters. The maximum absolute atomic E-state index is 13.0. The van der Waals surface area contributed by atoms with E-state index in [9.17, 15) is 4.79 Å². The van der Waals surface area contributed by atoms with Crippen LogP contribution in [0, 0.1) is 6.92 Å². The monoisotopic (exact) mass is 396 g/mol. The van der Waals surface area contributed by atoms with E-state index in [-0.39, 0.29) is 5.91 Å². The summed E-state index contributed by atoms with van der Waals surface area (Å²) in [6.45, 7) is 1.68. The van der Waals surface area contributed by atoms with Crippen LogP contribution in [0.25, 0.3) is 22.3 Å². The first-order valence-electron chi connectivity index (χ1n) is 8.53. The molecule has 0 fully saturated rings. The number of methoxy groups -OCH3 is 1. The number of benzene rings is 2. The Morgan fingerprint density at radius 3 is 2.75 bits per heavy atom. The molecule has 8 heteroatoms. The van der Waals surface area contributed by atoms with Crippen molar-refractivity contribution in [1.82, 2.24) is 14.7 Å². The molecule has 142 valence electrons. The minimum absolute atomic E-state index is 0.312. The first kappa shape index (κ1) is 18.1. The molecule has 0 bridgehead atoms. The summed E-state index contributed by atoms with van der Waals surface area (Å²) in [5.74, 6) is 1.02. The van der Waals surface area contributed by atoms with Crippen LogP contribution in [0.5, 0.6) is 5.75 Å². The summed E-state index contributed by atoms with van der Waals surface area (Å²) in [5.41, 5.74) is 2.82. The summed E-state index contributed by atoms with van der Waals surface area (Å²) < 4.78 is 12.4. The quantitative estimate of drug-likeness (QED) is 0.551. The van der Waals surface area contributed by atoms with Crippen molar-refractivity contribution in [1.29, 1.82) is 0 Å². The van der Waals surface area contributed by atoms with Crippen molar-refractivity contribution in [3.05, 3.63) is 58.8 Å². The molecule has 0 aliphatic carbocycles. The van der Waals surface area contributed by atoms with Crippen LogP contribution in [0.15, 0.2) is 47.0 Å². The number of hydrogen-bond donors (Lipinski definition) is 1. The minimum atomic E-state index is -0.383. The first-order chi connectivity index (χ1) is 13.5. The van der Waals surface area contributed by atoms with E-state index in [1.165, 1.54) is 0 Å². The van der Waals surface area contributed by atoms with Crippen LogP contribution < -0.4 is 10.1 Å². The Morgan fingerprint density at radius 1 is 1.21 bits per heavy atom. The second kappa shape index (κ2) is 7.01. The average molecular weight is 397 g/mol. The Labute approximate surface area is 165 Å². The third kappa shape index (κ3) is 2.90. The van der Waals surface area contributed by atoms with Gasteiger partial charge in [0.25, 0.3) is 5.91 Å². The molecule has 2 heterocycles. The molecular formula is C20H17ClN4O3. The van der Waals surface area contributed by atoms with Crippen molar-refractivity contribution >= 4 is 34.5 Å². The molecule has 1 N–H and O–H groups in total. The second-order valence-corrected chi connectivity index (χ2v) is 6.63. The Kier molecular flexibility index (Phi) is 4.52. The lowest BCUT2D eigenvalue weighted by molar-refractivity contribution is 0.102. The topological polar surface area (TPSA) is 82.2 Å². The SMILES string of the molecule is COc1cccc2c1nc(NC(=O)c1c(-c3ccccc3Cl)noc1C)n2C. The summed E-state index contributed by atoms with van der Waals surface area (Å²) in [5, 5.41) is 7.36. The van der Waals surface area contributed by atoms with Gasteiger partial charge in [-0.2, -0.15) is 0 Å². The molecule has 0 unspecified atom stereocenters. The summed E-state index contributed by atoms with van der Waals surface area (Å²) in [7, 11) is 3.40. The van der Waals surface area contributed by atoms with Crippen molar-refractivity contribution in [2.45, 2.75) is 6.92 Å². The molecule has 28 heavy (non-hydrogen) atoms. The molecule has 1 amide bonds. The maximum atomic E-state index is 13.0. The molecule has 0 saturated heterocycles. The minimum Gasteiger partial charge on any atom is -0.494 e. The standard InChI is InChI=1S/C20H17ClN4O3/c1-11-16(17(24-28-11)12-7-4-5-8-13(12)21)19(26)23-20-22-18-14(25(20)2)9-6-10-15(18)27-3/h4-10H,1-3H3,(H,22,23,26). The first-order valence-corrected chi connectivity index (χ1v) is 8.91. The predicted molar refractivity (Wildman–Crippen MR) is 107 cm³/mol. The highest BCUT2D eigenvalue weighted by Gasteiger charge is 2.24. The highest BCUT2D eigenvalue weighted by molar-refractivity contribution is 6.33. The molecule has 0 aliphatic rings. The number of aryl methyl sites for hydroxylation is 2. The van der Waals surface area contributed by atoms with Gasteiger partial charge in [-0.15, -0.1) is 0 Å². The van der Waals surface area contributed by atoms with Gasteiger partial charge >= 0.3 is 0 Å². The van der Waals surface area contributed by atoms with E-state index in [4.69, 9.17) is 20.9 Å². The van der Waals surface area contributed by atoms with E-state index >= 15 is 0 Å². The number of aromatic nitrogens is 3. The summed E-state index contributed by atoms with van der Waals surface area (Å²) in [6.07, 6.45) is 0. The molecule has 7 nitrogen and oxygen atoms in total. The fourth-order valence-corrected chi connectivity index (χ4v) is 3.33. The number of anilines is 1. The van der Waals surface area contributed by atoms with Crippen molar-refractivity contribution in [2.24, 2.45) is 7.05 Å². The lowest BCUT2D eigenvalue weighted by Crippen LogP contribution is -2.16. The van der Waals surface area contributed by atoms with Crippen LogP contribution in [0.1, 0.15) is 16.1 Å². The number of para-hydroxylation sites is 1. The Balaban J connectivity index is 1.75. The van der Waals surface area contributed by atoms with Gasteiger partial charge in [-0.25, -0.2) is 4.98 Å². The number of imidazole rings is 1. The zero-order valence-electron chi connectivity index (χ0n) is 15.5. The van der Waals surface area contributed by atoms with E-state index in [1.807, 2.05) is 37.4 Å². The Bertz CT molecular complexity index is 1200. The van der Waals surface area contributed by atoms with Crippen molar-refractivity contribution in [3.8, 4) is 17.0 Å². The zero-order valence-corrected chi connectivity index (χ0v) is 16.2. The highest BCUT2D eigenvalue weighted by Crippen LogP contribution is 2.32. The van der Waals surface area contributed by atoms with Gasteiger partial charge < -0.3 is 13.8 Å². The molecule has 2 aromatic heterocycles. The lowest BCUT2D eigenvalue weighted by Gasteiger charge is -2.06.